The molecule has 0 bridgehead atoms. The molecule has 0 aliphatic heterocycles. The molecule has 0 aliphatic rings. The molecule has 1 aromatic carbocycles. The Morgan fingerprint density at radius 2 is 2.06 bits per heavy atom. The van der Waals surface area contributed by atoms with Gasteiger partial charge >= 0.3 is 0 Å². The molecule has 6 heteroatoms. The number of oxime groups is 1. The average molecular weight is 252 g/mol. The van der Waals surface area contributed by atoms with Gasteiger partial charge in [0, 0.05) is 17.7 Å². The summed E-state index contributed by atoms with van der Waals surface area (Å²) in [4.78, 5) is 10.2. The van der Waals surface area contributed by atoms with Crippen LogP contribution in [0.15, 0.2) is 29.4 Å². The summed E-state index contributed by atoms with van der Waals surface area (Å²) < 4.78 is 5.40. The molecule has 0 saturated carbocycles. The van der Waals surface area contributed by atoms with E-state index in [9.17, 15) is 10.1 Å². The number of nitro groups is 1. The number of benzene rings is 1. The van der Waals surface area contributed by atoms with Crippen molar-refractivity contribution in [3.05, 3.63) is 39.9 Å². The maximum atomic E-state index is 10.6. The number of hydrogen-bond acceptors (Lipinski definition) is 4. The van der Waals surface area contributed by atoms with Crippen molar-refractivity contribution in [2.75, 3.05) is 0 Å². The van der Waals surface area contributed by atoms with Crippen molar-refractivity contribution in [1.82, 2.24) is 0 Å². The molecular weight excluding hydrogens is 236 g/mol. The molecule has 0 aliphatic carbocycles. The largest absolute Gasteiger partial charge is 0.455 e. The molecule has 0 fully saturated rings. The lowest BCUT2D eigenvalue weighted by atomic mass is 10.1. The summed E-state index contributed by atoms with van der Waals surface area (Å²) in [5, 5.41) is 14.7. The van der Waals surface area contributed by atoms with Gasteiger partial charge in [-0.1, -0.05) is 12.1 Å². The molecule has 0 radical (unpaired) electrons. The van der Waals surface area contributed by atoms with Crippen LogP contribution in [0.2, 0.25) is 19.6 Å². The maximum Gasteiger partial charge on any atom is 0.278 e. The average Bonchev–Trinajstić information content (AvgIpc) is 2.25. The molecule has 0 heterocycles. The molecule has 17 heavy (non-hydrogen) atoms. The molecule has 92 valence electrons. The van der Waals surface area contributed by atoms with Crippen LogP contribution in [-0.2, 0) is 4.53 Å². The zero-order chi connectivity index (χ0) is 13.1. The Hall–Kier alpha value is -1.69. The van der Waals surface area contributed by atoms with Gasteiger partial charge in [-0.05, 0) is 26.6 Å². The first kappa shape index (κ1) is 13.4. The Morgan fingerprint density at radius 3 is 2.59 bits per heavy atom. The van der Waals surface area contributed by atoms with Crippen LogP contribution in [0.4, 0.5) is 5.69 Å². The molecule has 0 saturated heterocycles. The van der Waals surface area contributed by atoms with E-state index in [1.165, 1.54) is 12.1 Å². The Bertz CT molecular complexity index is 452. The van der Waals surface area contributed by atoms with Crippen LogP contribution in [-0.4, -0.2) is 19.0 Å². The van der Waals surface area contributed by atoms with Crippen molar-refractivity contribution in [3.63, 3.8) is 0 Å². The van der Waals surface area contributed by atoms with E-state index in [2.05, 4.69) is 5.16 Å². The zero-order valence-corrected chi connectivity index (χ0v) is 11.4. The van der Waals surface area contributed by atoms with Crippen LogP contribution < -0.4 is 0 Å². The van der Waals surface area contributed by atoms with E-state index in [0.29, 0.717) is 11.3 Å². The lowest BCUT2D eigenvalue weighted by molar-refractivity contribution is -0.384. The van der Waals surface area contributed by atoms with E-state index in [0.717, 1.165) is 0 Å². The molecule has 0 atom stereocenters. The van der Waals surface area contributed by atoms with Gasteiger partial charge in [-0.25, -0.2) is 0 Å². The van der Waals surface area contributed by atoms with E-state index in [-0.39, 0.29) is 5.69 Å². The number of nitrogens with zero attached hydrogens (tertiary/aromatic N) is 2. The van der Waals surface area contributed by atoms with Gasteiger partial charge in [-0.3, -0.25) is 10.1 Å². The van der Waals surface area contributed by atoms with E-state index in [1.807, 2.05) is 19.6 Å². The van der Waals surface area contributed by atoms with Crippen molar-refractivity contribution in [1.29, 1.82) is 0 Å². The molecule has 0 N–H and O–H groups in total. The Balaban J connectivity index is 2.92. The van der Waals surface area contributed by atoms with Crippen LogP contribution in [0.25, 0.3) is 0 Å². The smallest absolute Gasteiger partial charge is 0.278 e. The van der Waals surface area contributed by atoms with E-state index in [4.69, 9.17) is 4.53 Å². The van der Waals surface area contributed by atoms with Crippen molar-refractivity contribution >= 4 is 19.7 Å². The molecule has 0 spiro atoms. The second-order valence-electron chi connectivity index (χ2n) is 4.69. The monoisotopic (exact) mass is 252 g/mol. The molecule has 0 unspecified atom stereocenters. The van der Waals surface area contributed by atoms with Gasteiger partial charge in [-0.15, -0.1) is 5.16 Å². The molecule has 0 aromatic heterocycles. The van der Waals surface area contributed by atoms with Gasteiger partial charge in [0.05, 0.1) is 10.6 Å². The van der Waals surface area contributed by atoms with Crippen molar-refractivity contribution in [3.8, 4) is 0 Å². The lowest BCUT2D eigenvalue weighted by Crippen LogP contribution is -2.22. The van der Waals surface area contributed by atoms with E-state index < -0.39 is 13.2 Å². The second-order valence-corrected chi connectivity index (χ2v) is 9.10. The van der Waals surface area contributed by atoms with Crippen LogP contribution >= 0.6 is 0 Å². The SMILES string of the molecule is C/C(=N/O[Si](C)(C)C)c1cccc([N+](=O)[O-])c1. The van der Waals surface area contributed by atoms with Gasteiger partial charge in [0.1, 0.15) is 0 Å². The minimum Gasteiger partial charge on any atom is -0.455 e. The second kappa shape index (κ2) is 5.09. The minimum absolute atomic E-state index is 0.0602. The topological polar surface area (TPSA) is 64.7 Å². The number of nitro benzene ring substituents is 1. The summed E-state index contributed by atoms with van der Waals surface area (Å²) in [7, 11) is -1.71. The highest BCUT2D eigenvalue weighted by Gasteiger charge is 2.16. The van der Waals surface area contributed by atoms with Crippen molar-refractivity contribution in [2.45, 2.75) is 26.6 Å². The highest BCUT2D eigenvalue weighted by Crippen LogP contribution is 2.14. The Kier molecular flexibility index (Phi) is 4.00. The van der Waals surface area contributed by atoms with Crippen LogP contribution in [0.1, 0.15) is 12.5 Å². The third-order valence-corrected chi connectivity index (χ3v) is 2.57. The maximum absolute atomic E-state index is 10.6. The lowest BCUT2D eigenvalue weighted by Gasteiger charge is -2.13. The number of hydrogen-bond donors (Lipinski definition) is 0. The summed E-state index contributed by atoms with van der Waals surface area (Å²) in [6.45, 7) is 7.85. The minimum atomic E-state index is -1.71. The van der Waals surface area contributed by atoms with Gasteiger partial charge < -0.3 is 4.53 Å². The standard InChI is InChI=1S/C11H16N2O3Si/c1-9(12-16-17(2,3)4)10-6-5-7-11(8-10)13(14)15/h5-8H,1-4H3/b12-9-. The quantitative estimate of drug-likeness (QED) is 0.358. The van der Waals surface area contributed by atoms with Crippen molar-refractivity contribution < 1.29 is 9.45 Å². The number of non-ortho nitro benzene ring substituents is 1. The fourth-order valence-electron chi connectivity index (χ4n) is 1.10. The van der Waals surface area contributed by atoms with Gasteiger partial charge in [0.25, 0.3) is 14.0 Å². The summed E-state index contributed by atoms with van der Waals surface area (Å²) in [5.74, 6) is 0. The Morgan fingerprint density at radius 1 is 1.41 bits per heavy atom. The fraction of sp³-hybridized carbons (Fsp3) is 0.364. The van der Waals surface area contributed by atoms with Crippen LogP contribution in [0.5, 0.6) is 0 Å². The van der Waals surface area contributed by atoms with Crippen LogP contribution in [0, 0.1) is 10.1 Å². The fourth-order valence-corrected chi connectivity index (χ4v) is 1.51. The van der Waals surface area contributed by atoms with Gasteiger partial charge in [-0.2, -0.15) is 0 Å². The van der Waals surface area contributed by atoms with E-state index >= 15 is 0 Å². The zero-order valence-electron chi connectivity index (χ0n) is 10.4. The predicted molar refractivity (Wildman–Crippen MR) is 69.7 cm³/mol. The van der Waals surface area contributed by atoms with E-state index in [1.54, 1.807) is 19.1 Å². The first-order valence-electron chi connectivity index (χ1n) is 5.27. The summed E-state index contributed by atoms with van der Waals surface area (Å²) in [6, 6.07) is 6.36. The number of rotatable bonds is 4. The van der Waals surface area contributed by atoms with Crippen LogP contribution in [0.3, 0.4) is 0 Å². The molecule has 1 rings (SSSR count). The third kappa shape index (κ3) is 4.35. The van der Waals surface area contributed by atoms with Crippen molar-refractivity contribution in [2.24, 2.45) is 5.16 Å². The highest BCUT2D eigenvalue weighted by molar-refractivity contribution is 6.69. The highest BCUT2D eigenvalue weighted by atomic mass is 28.4. The molecular formula is C11H16N2O3Si. The third-order valence-electron chi connectivity index (χ3n) is 1.93. The normalized spacial score (nSPS) is 12.4. The summed E-state index contributed by atoms with van der Waals surface area (Å²) in [6.07, 6.45) is 0. The first-order chi connectivity index (χ1) is 7.79. The summed E-state index contributed by atoms with van der Waals surface area (Å²) in [5.41, 5.74) is 1.42. The van der Waals surface area contributed by atoms with Gasteiger partial charge in [0.2, 0.25) is 0 Å². The van der Waals surface area contributed by atoms with Gasteiger partial charge in [0.15, 0.2) is 0 Å². The summed E-state index contributed by atoms with van der Waals surface area (Å²) >= 11 is 0. The molecule has 1 aromatic rings. The molecule has 0 amide bonds. The Labute approximate surface area is 101 Å². The first-order valence-corrected chi connectivity index (χ1v) is 8.68. The predicted octanol–water partition coefficient (Wildman–Crippen LogP) is 3.17. The molecule has 5 nitrogen and oxygen atoms in total.